The molecule has 0 heterocycles. The van der Waals surface area contributed by atoms with E-state index < -0.39 is 18.8 Å². The standard InChI is InChI=1S/C22H35NO3/c1-15(2)6-5-7-16(3)12-18-8-10-19(11-9-18)17(4)13-20(25)22(23)21(26)14-24/h8-11,13,15-16,21-22,24,26H,5-7,12,14,23H2,1-4H3. The summed E-state index contributed by atoms with van der Waals surface area (Å²) in [6.07, 6.45) is 5.08. The average Bonchev–Trinajstić information content (AvgIpc) is 2.60. The van der Waals surface area contributed by atoms with E-state index in [1.54, 1.807) is 0 Å². The molecule has 1 rings (SSSR count). The topological polar surface area (TPSA) is 83.6 Å². The van der Waals surface area contributed by atoms with Crippen LogP contribution in [0.15, 0.2) is 30.3 Å². The van der Waals surface area contributed by atoms with E-state index in [-0.39, 0.29) is 5.78 Å². The van der Waals surface area contributed by atoms with Crippen LogP contribution in [0.2, 0.25) is 0 Å². The molecule has 0 aliphatic carbocycles. The summed E-state index contributed by atoms with van der Waals surface area (Å²) in [5.41, 5.74) is 8.69. The Morgan fingerprint density at radius 2 is 1.77 bits per heavy atom. The highest BCUT2D eigenvalue weighted by atomic mass is 16.3. The van der Waals surface area contributed by atoms with Crippen molar-refractivity contribution in [2.24, 2.45) is 17.6 Å². The normalized spacial score (nSPS) is 15.8. The molecule has 0 saturated carbocycles. The van der Waals surface area contributed by atoms with Crippen molar-refractivity contribution in [3.63, 3.8) is 0 Å². The van der Waals surface area contributed by atoms with Gasteiger partial charge in [-0.05, 0) is 48.0 Å². The molecule has 0 fully saturated rings. The summed E-state index contributed by atoms with van der Waals surface area (Å²) in [6.45, 7) is 8.15. The van der Waals surface area contributed by atoms with Crippen LogP contribution in [0.25, 0.3) is 5.57 Å². The first-order chi connectivity index (χ1) is 12.2. The van der Waals surface area contributed by atoms with E-state index in [0.29, 0.717) is 5.92 Å². The minimum absolute atomic E-state index is 0.382. The molecule has 0 aliphatic heterocycles. The van der Waals surface area contributed by atoms with Crippen LogP contribution >= 0.6 is 0 Å². The predicted molar refractivity (Wildman–Crippen MR) is 108 cm³/mol. The van der Waals surface area contributed by atoms with Gasteiger partial charge in [0.05, 0.1) is 18.8 Å². The van der Waals surface area contributed by atoms with Crippen LogP contribution in [0.5, 0.6) is 0 Å². The molecule has 0 radical (unpaired) electrons. The number of aliphatic hydroxyl groups is 2. The van der Waals surface area contributed by atoms with E-state index in [1.807, 2.05) is 19.1 Å². The van der Waals surface area contributed by atoms with Gasteiger partial charge in [0.15, 0.2) is 5.78 Å². The van der Waals surface area contributed by atoms with Crippen molar-refractivity contribution in [1.82, 2.24) is 0 Å². The van der Waals surface area contributed by atoms with E-state index in [0.717, 1.165) is 23.5 Å². The number of benzene rings is 1. The average molecular weight is 362 g/mol. The third kappa shape index (κ3) is 7.81. The minimum atomic E-state index is -1.23. The molecule has 3 unspecified atom stereocenters. The van der Waals surface area contributed by atoms with E-state index in [2.05, 4.69) is 32.9 Å². The Hall–Kier alpha value is -1.49. The van der Waals surface area contributed by atoms with Crippen LogP contribution in [0, 0.1) is 11.8 Å². The molecule has 0 saturated heterocycles. The number of carbonyl (C=O) groups is 1. The minimum Gasteiger partial charge on any atom is -0.394 e. The summed E-state index contributed by atoms with van der Waals surface area (Å²) in [6, 6.07) is 7.16. The number of ketones is 1. The lowest BCUT2D eigenvalue weighted by Crippen LogP contribution is -2.43. The zero-order valence-corrected chi connectivity index (χ0v) is 16.6. The number of aliphatic hydroxyl groups excluding tert-OH is 2. The fraction of sp³-hybridized carbons (Fsp3) is 0.591. The van der Waals surface area contributed by atoms with Crippen LogP contribution in [0.4, 0.5) is 0 Å². The number of rotatable bonds is 11. The van der Waals surface area contributed by atoms with Gasteiger partial charge in [-0.3, -0.25) is 4.79 Å². The molecule has 0 aliphatic rings. The number of hydrogen-bond donors (Lipinski definition) is 3. The van der Waals surface area contributed by atoms with Gasteiger partial charge in [0.1, 0.15) is 0 Å². The van der Waals surface area contributed by atoms with Gasteiger partial charge in [0.25, 0.3) is 0 Å². The maximum absolute atomic E-state index is 12.0. The number of hydrogen-bond acceptors (Lipinski definition) is 4. The lowest BCUT2D eigenvalue weighted by Gasteiger charge is -2.14. The maximum Gasteiger partial charge on any atom is 0.175 e. The summed E-state index contributed by atoms with van der Waals surface area (Å²) in [5.74, 6) is 1.05. The van der Waals surface area contributed by atoms with E-state index in [4.69, 9.17) is 10.8 Å². The molecule has 4 N–H and O–H groups in total. The Morgan fingerprint density at radius 3 is 2.31 bits per heavy atom. The van der Waals surface area contributed by atoms with Crippen LogP contribution in [-0.2, 0) is 11.2 Å². The van der Waals surface area contributed by atoms with Gasteiger partial charge in [-0.1, -0.05) is 64.3 Å². The summed E-state index contributed by atoms with van der Waals surface area (Å²) < 4.78 is 0. The van der Waals surface area contributed by atoms with Gasteiger partial charge in [0.2, 0.25) is 0 Å². The molecule has 0 bridgehead atoms. The van der Waals surface area contributed by atoms with Gasteiger partial charge in [-0.25, -0.2) is 0 Å². The molecule has 0 amide bonds. The third-order valence-corrected chi connectivity index (χ3v) is 4.76. The van der Waals surface area contributed by atoms with Crippen LogP contribution in [-0.4, -0.2) is 34.7 Å². The number of nitrogens with two attached hydrogens (primary N) is 1. The van der Waals surface area contributed by atoms with Crippen molar-refractivity contribution in [2.45, 2.75) is 65.5 Å². The highest BCUT2D eigenvalue weighted by Crippen LogP contribution is 2.20. The molecule has 0 spiro atoms. The second-order valence-corrected chi connectivity index (χ2v) is 7.84. The quantitative estimate of drug-likeness (QED) is 0.528. The van der Waals surface area contributed by atoms with Crippen LogP contribution in [0.3, 0.4) is 0 Å². The van der Waals surface area contributed by atoms with Gasteiger partial charge in [-0.2, -0.15) is 0 Å². The first-order valence-corrected chi connectivity index (χ1v) is 9.60. The van der Waals surface area contributed by atoms with Gasteiger partial charge < -0.3 is 15.9 Å². The number of carbonyl (C=O) groups excluding carboxylic acids is 1. The Balaban J connectivity index is 2.63. The van der Waals surface area contributed by atoms with Crippen molar-refractivity contribution >= 4 is 11.4 Å². The second-order valence-electron chi connectivity index (χ2n) is 7.84. The first-order valence-electron chi connectivity index (χ1n) is 9.60. The van der Waals surface area contributed by atoms with E-state index in [1.165, 1.54) is 30.9 Å². The lowest BCUT2D eigenvalue weighted by molar-refractivity contribution is -0.118. The van der Waals surface area contributed by atoms with Gasteiger partial charge in [0, 0.05) is 0 Å². The predicted octanol–water partition coefficient (Wildman–Crippen LogP) is 3.34. The van der Waals surface area contributed by atoms with E-state index >= 15 is 0 Å². The fourth-order valence-electron chi connectivity index (χ4n) is 2.98. The van der Waals surface area contributed by atoms with Crippen molar-refractivity contribution in [3.8, 4) is 0 Å². The molecule has 0 aromatic heterocycles. The molecule has 146 valence electrons. The Bertz CT molecular complexity index is 578. The molecule has 1 aromatic carbocycles. The second kappa shape index (κ2) is 11.3. The highest BCUT2D eigenvalue weighted by Gasteiger charge is 2.20. The summed E-state index contributed by atoms with van der Waals surface area (Å²) in [5, 5.41) is 18.4. The van der Waals surface area contributed by atoms with E-state index in [9.17, 15) is 9.90 Å². The zero-order chi connectivity index (χ0) is 19.7. The van der Waals surface area contributed by atoms with Gasteiger partial charge in [-0.15, -0.1) is 0 Å². The fourth-order valence-corrected chi connectivity index (χ4v) is 2.98. The van der Waals surface area contributed by atoms with Crippen molar-refractivity contribution in [1.29, 1.82) is 0 Å². The van der Waals surface area contributed by atoms with Crippen molar-refractivity contribution < 1.29 is 15.0 Å². The molecule has 1 aromatic rings. The smallest absolute Gasteiger partial charge is 0.175 e. The first kappa shape index (κ1) is 22.6. The SMILES string of the molecule is CC(=CC(=O)C(N)C(O)CO)c1ccc(CC(C)CCCC(C)C)cc1. The summed E-state index contributed by atoms with van der Waals surface area (Å²) in [4.78, 5) is 12.0. The third-order valence-electron chi connectivity index (χ3n) is 4.76. The molecular weight excluding hydrogens is 326 g/mol. The lowest BCUT2D eigenvalue weighted by atomic mass is 9.93. The monoisotopic (exact) mass is 361 g/mol. The zero-order valence-electron chi connectivity index (χ0n) is 16.6. The van der Waals surface area contributed by atoms with Crippen LogP contribution in [0.1, 0.15) is 58.1 Å². The molecule has 4 heteroatoms. The molecule has 26 heavy (non-hydrogen) atoms. The Morgan fingerprint density at radius 1 is 1.15 bits per heavy atom. The largest absolute Gasteiger partial charge is 0.394 e. The maximum atomic E-state index is 12.0. The number of allylic oxidation sites excluding steroid dienone is 1. The molecular formula is C22H35NO3. The van der Waals surface area contributed by atoms with Gasteiger partial charge >= 0.3 is 0 Å². The highest BCUT2D eigenvalue weighted by molar-refractivity contribution is 6.00. The van der Waals surface area contributed by atoms with Crippen molar-refractivity contribution in [2.75, 3.05) is 6.61 Å². The molecule has 3 atom stereocenters. The van der Waals surface area contributed by atoms with Crippen LogP contribution < -0.4 is 5.73 Å². The summed E-state index contributed by atoms with van der Waals surface area (Å²) in [7, 11) is 0. The van der Waals surface area contributed by atoms with Crippen molar-refractivity contribution in [3.05, 3.63) is 41.5 Å². The Kier molecular flexibility index (Phi) is 9.78. The molecule has 4 nitrogen and oxygen atoms in total. The Labute approximate surface area is 158 Å². The summed E-state index contributed by atoms with van der Waals surface area (Å²) >= 11 is 0.